The maximum atomic E-state index is 5.37. The van der Waals surface area contributed by atoms with Crippen LogP contribution < -0.4 is 4.90 Å². The van der Waals surface area contributed by atoms with Crippen LogP contribution in [0.25, 0.3) is 0 Å². The lowest BCUT2D eigenvalue weighted by Gasteiger charge is -2.38. The number of pyridine rings is 1. The fourth-order valence-corrected chi connectivity index (χ4v) is 3.25. The highest BCUT2D eigenvalue weighted by atomic mass is 16.5. The molecule has 130 valence electrons. The van der Waals surface area contributed by atoms with Gasteiger partial charge >= 0.3 is 0 Å². The largest absolute Gasteiger partial charge is 0.337 e. The van der Waals surface area contributed by atoms with Crippen LogP contribution in [0.5, 0.6) is 0 Å². The van der Waals surface area contributed by atoms with Crippen molar-refractivity contribution >= 4 is 5.95 Å². The molecule has 0 unspecified atom stereocenters. The van der Waals surface area contributed by atoms with Crippen LogP contribution in [-0.2, 0) is 6.54 Å². The van der Waals surface area contributed by atoms with Crippen molar-refractivity contribution in [3.05, 3.63) is 36.0 Å². The fourth-order valence-electron chi connectivity index (χ4n) is 3.25. The van der Waals surface area contributed by atoms with Crippen molar-refractivity contribution in [2.45, 2.75) is 52.1 Å². The van der Waals surface area contributed by atoms with E-state index < -0.39 is 0 Å². The van der Waals surface area contributed by atoms with E-state index in [9.17, 15) is 0 Å². The van der Waals surface area contributed by atoms with Gasteiger partial charge in [0.25, 0.3) is 5.95 Å². The SMILES string of the molecule is CCN(Cc1ccncc1)[C@H]1CCCN(c2noc(C(C)C)n2)C1. The summed E-state index contributed by atoms with van der Waals surface area (Å²) in [5.41, 5.74) is 1.31. The molecule has 1 saturated heterocycles. The molecular formula is C18H27N5O. The van der Waals surface area contributed by atoms with Crippen LogP contribution in [0.2, 0.25) is 0 Å². The summed E-state index contributed by atoms with van der Waals surface area (Å²) in [6, 6.07) is 4.70. The third kappa shape index (κ3) is 3.93. The maximum absolute atomic E-state index is 5.37. The molecule has 1 aliphatic rings. The van der Waals surface area contributed by atoms with E-state index in [-0.39, 0.29) is 5.92 Å². The first-order valence-electron chi connectivity index (χ1n) is 8.89. The molecule has 6 heteroatoms. The van der Waals surface area contributed by atoms with Crippen molar-refractivity contribution in [1.29, 1.82) is 0 Å². The van der Waals surface area contributed by atoms with E-state index in [2.05, 4.69) is 57.8 Å². The molecule has 0 aromatic carbocycles. The molecule has 3 rings (SSSR count). The predicted octanol–water partition coefficient (Wildman–Crippen LogP) is 3.08. The van der Waals surface area contributed by atoms with Crippen LogP contribution in [0.4, 0.5) is 5.95 Å². The van der Waals surface area contributed by atoms with E-state index in [0.717, 1.165) is 44.4 Å². The molecule has 0 amide bonds. The minimum atomic E-state index is 0.269. The molecule has 0 saturated carbocycles. The van der Waals surface area contributed by atoms with Gasteiger partial charge in [-0.05, 0) is 42.2 Å². The number of rotatable bonds is 6. The average Bonchev–Trinajstić information content (AvgIpc) is 3.11. The minimum absolute atomic E-state index is 0.269. The van der Waals surface area contributed by atoms with E-state index in [0.29, 0.717) is 6.04 Å². The van der Waals surface area contributed by atoms with Gasteiger partial charge in [-0.25, -0.2) is 0 Å². The Balaban J connectivity index is 1.67. The first-order chi connectivity index (χ1) is 11.7. The van der Waals surface area contributed by atoms with Crippen molar-refractivity contribution in [2.24, 2.45) is 0 Å². The van der Waals surface area contributed by atoms with Gasteiger partial charge in [0.15, 0.2) is 0 Å². The fraction of sp³-hybridized carbons (Fsp3) is 0.611. The summed E-state index contributed by atoms with van der Waals surface area (Å²) in [5, 5.41) is 4.18. The van der Waals surface area contributed by atoms with E-state index in [4.69, 9.17) is 4.52 Å². The normalized spacial score (nSPS) is 18.5. The second-order valence-corrected chi connectivity index (χ2v) is 6.75. The highest BCUT2D eigenvalue weighted by Crippen LogP contribution is 2.23. The summed E-state index contributed by atoms with van der Waals surface area (Å²) in [6.07, 6.45) is 6.10. The summed E-state index contributed by atoms with van der Waals surface area (Å²) in [6.45, 7) is 10.3. The Morgan fingerprint density at radius 1 is 1.33 bits per heavy atom. The Labute approximate surface area is 143 Å². The number of likely N-dealkylation sites (N-methyl/N-ethyl adjacent to an activating group) is 1. The molecular weight excluding hydrogens is 302 g/mol. The molecule has 0 aliphatic carbocycles. The molecule has 0 bridgehead atoms. The number of aromatic nitrogens is 3. The third-order valence-corrected chi connectivity index (χ3v) is 4.66. The zero-order chi connectivity index (χ0) is 16.9. The standard InChI is InChI=1S/C18H27N5O/c1-4-22(12-15-7-9-19-10-8-15)16-6-5-11-23(13-16)18-20-17(14(2)3)24-21-18/h7-10,14,16H,4-6,11-13H2,1-3H3/t16-/m0/s1. The quantitative estimate of drug-likeness (QED) is 0.812. The smallest absolute Gasteiger partial charge is 0.266 e. The lowest BCUT2D eigenvalue weighted by molar-refractivity contribution is 0.175. The molecule has 1 atom stereocenters. The molecule has 1 fully saturated rings. The summed E-state index contributed by atoms with van der Waals surface area (Å²) in [7, 11) is 0. The zero-order valence-corrected chi connectivity index (χ0v) is 14.9. The van der Waals surface area contributed by atoms with Gasteiger partial charge in [0.1, 0.15) is 0 Å². The Bertz CT molecular complexity index is 627. The van der Waals surface area contributed by atoms with Gasteiger partial charge in [-0.15, -0.1) is 0 Å². The van der Waals surface area contributed by atoms with Gasteiger partial charge in [0.2, 0.25) is 5.89 Å². The Kier molecular flexibility index (Phi) is 5.45. The van der Waals surface area contributed by atoms with Crippen LogP contribution in [0.3, 0.4) is 0 Å². The van der Waals surface area contributed by atoms with Gasteiger partial charge in [-0.3, -0.25) is 9.88 Å². The van der Waals surface area contributed by atoms with E-state index in [1.807, 2.05) is 12.4 Å². The van der Waals surface area contributed by atoms with Crippen LogP contribution in [0, 0.1) is 0 Å². The molecule has 24 heavy (non-hydrogen) atoms. The molecule has 3 heterocycles. The average molecular weight is 329 g/mol. The lowest BCUT2D eigenvalue weighted by Crippen LogP contribution is -2.48. The number of piperidine rings is 1. The highest BCUT2D eigenvalue weighted by Gasteiger charge is 2.27. The van der Waals surface area contributed by atoms with E-state index >= 15 is 0 Å². The van der Waals surface area contributed by atoms with Crippen LogP contribution in [0.1, 0.15) is 51.0 Å². The Morgan fingerprint density at radius 2 is 2.12 bits per heavy atom. The Morgan fingerprint density at radius 3 is 2.79 bits per heavy atom. The minimum Gasteiger partial charge on any atom is -0.337 e. The van der Waals surface area contributed by atoms with Gasteiger partial charge in [0, 0.05) is 44.0 Å². The molecule has 2 aromatic rings. The summed E-state index contributed by atoms with van der Waals surface area (Å²) < 4.78 is 5.37. The van der Waals surface area contributed by atoms with E-state index in [1.165, 1.54) is 12.0 Å². The molecule has 0 radical (unpaired) electrons. The van der Waals surface area contributed by atoms with Crippen LogP contribution >= 0.6 is 0 Å². The molecule has 1 aliphatic heterocycles. The van der Waals surface area contributed by atoms with Gasteiger partial charge in [0.05, 0.1) is 0 Å². The van der Waals surface area contributed by atoms with E-state index in [1.54, 1.807) is 0 Å². The van der Waals surface area contributed by atoms with Crippen molar-refractivity contribution in [2.75, 3.05) is 24.5 Å². The van der Waals surface area contributed by atoms with Crippen LogP contribution in [-0.4, -0.2) is 45.7 Å². The molecule has 2 aromatic heterocycles. The third-order valence-electron chi connectivity index (χ3n) is 4.66. The zero-order valence-electron chi connectivity index (χ0n) is 14.9. The second-order valence-electron chi connectivity index (χ2n) is 6.75. The predicted molar refractivity (Wildman–Crippen MR) is 93.9 cm³/mol. The molecule has 0 spiro atoms. The summed E-state index contributed by atoms with van der Waals surface area (Å²) >= 11 is 0. The molecule has 0 N–H and O–H groups in total. The van der Waals surface area contributed by atoms with Crippen molar-refractivity contribution in [3.8, 4) is 0 Å². The number of anilines is 1. The first kappa shape index (κ1) is 16.9. The monoisotopic (exact) mass is 329 g/mol. The first-order valence-corrected chi connectivity index (χ1v) is 8.89. The van der Waals surface area contributed by atoms with Gasteiger partial charge in [-0.2, -0.15) is 4.98 Å². The second kappa shape index (κ2) is 7.75. The summed E-state index contributed by atoms with van der Waals surface area (Å²) in [4.78, 5) is 13.5. The Hall–Kier alpha value is -1.95. The lowest BCUT2D eigenvalue weighted by atomic mass is 10.0. The highest BCUT2D eigenvalue weighted by molar-refractivity contribution is 5.29. The number of hydrogen-bond donors (Lipinski definition) is 0. The van der Waals surface area contributed by atoms with Crippen molar-refractivity contribution in [3.63, 3.8) is 0 Å². The van der Waals surface area contributed by atoms with Gasteiger partial charge in [-0.1, -0.05) is 20.8 Å². The molecule has 6 nitrogen and oxygen atoms in total. The summed E-state index contributed by atoms with van der Waals surface area (Å²) in [5.74, 6) is 1.73. The van der Waals surface area contributed by atoms with Gasteiger partial charge < -0.3 is 9.42 Å². The number of nitrogens with zero attached hydrogens (tertiary/aromatic N) is 5. The van der Waals surface area contributed by atoms with Crippen molar-refractivity contribution < 1.29 is 4.52 Å². The van der Waals surface area contributed by atoms with Crippen molar-refractivity contribution in [1.82, 2.24) is 20.0 Å². The number of hydrogen-bond acceptors (Lipinski definition) is 6. The van der Waals surface area contributed by atoms with Crippen LogP contribution in [0.15, 0.2) is 29.0 Å². The topological polar surface area (TPSA) is 58.3 Å². The maximum Gasteiger partial charge on any atom is 0.266 e.